The van der Waals surface area contributed by atoms with Crippen LogP contribution in [0.2, 0.25) is 0 Å². The number of hydrogen-bond donors (Lipinski definition) is 0. The smallest absolute Gasteiger partial charge is 0.293 e. The molecule has 0 aromatic carbocycles. The molecule has 0 bridgehead atoms. The Morgan fingerprint density at radius 2 is 2.36 bits per heavy atom. The van der Waals surface area contributed by atoms with Gasteiger partial charge in [0.1, 0.15) is 6.10 Å². The molecule has 0 amide bonds. The zero-order valence-corrected chi connectivity index (χ0v) is 7.75. The molecule has 0 aliphatic carbocycles. The number of halogens is 1. The molecule has 1 unspecified atom stereocenters. The van der Waals surface area contributed by atoms with E-state index < -0.39 is 0 Å². The summed E-state index contributed by atoms with van der Waals surface area (Å²) in [5.74, 6) is 0. The van der Waals surface area contributed by atoms with E-state index in [1.807, 2.05) is 0 Å². The molecule has 11 heavy (non-hydrogen) atoms. The van der Waals surface area contributed by atoms with Gasteiger partial charge in [-0.25, -0.2) is 0 Å². The van der Waals surface area contributed by atoms with Gasteiger partial charge in [-0.2, -0.15) is 0 Å². The summed E-state index contributed by atoms with van der Waals surface area (Å²) in [5.41, 5.74) is 0. The average Bonchev–Trinajstić information content (AvgIpc) is 2.03. The monoisotopic (exact) mass is 222 g/mol. The number of ether oxygens (including phenoxy) is 2. The van der Waals surface area contributed by atoms with Gasteiger partial charge in [-0.15, -0.1) is 6.58 Å². The van der Waals surface area contributed by atoms with Gasteiger partial charge < -0.3 is 9.47 Å². The maximum absolute atomic E-state index is 9.89. The first-order valence-electron chi connectivity index (χ1n) is 3.18. The van der Waals surface area contributed by atoms with E-state index in [2.05, 4.69) is 27.2 Å². The lowest BCUT2D eigenvalue weighted by molar-refractivity contribution is -0.134. The quantitative estimate of drug-likeness (QED) is 0.281. The molecule has 0 saturated carbocycles. The van der Waals surface area contributed by atoms with Crippen LogP contribution in [-0.2, 0) is 14.3 Å². The van der Waals surface area contributed by atoms with Crippen LogP contribution < -0.4 is 0 Å². The Kier molecular flexibility index (Phi) is 7.51. The van der Waals surface area contributed by atoms with Crippen LogP contribution in [-0.4, -0.2) is 31.1 Å². The van der Waals surface area contributed by atoms with E-state index in [0.717, 1.165) is 0 Å². The van der Waals surface area contributed by atoms with Crippen molar-refractivity contribution >= 4 is 22.4 Å². The van der Waals surface area contributed by atoms with Crippen molar-refractivity contribution < 1.29 is 14.3 Å². The van der Waals surface area contributed by atoms with Crippen molar-refractivity contribution in [3.05, 3.63) is 12.7 Å². The molecule has 0 radical (unpaired) electrons. The lowest BCUT2D eigenvalue weighted by Gasteiger charge is -2.10. The van der Waals surface area contributed by atoms with Crippen LogP contribution >= 0.6 is 15.9 Å². The van der Waals surface area contributed by atoms with Gasteiger partial charge in [-0.1, -0.05) is 22.0 Å². The molecular weight excluding hydrogens is 212 g/mol. The lowest BCUT2D eigenvalue weighted by Crippen LogP contribution is -2.20. The van der Waals surface area contributed by atoms with Crippen molar-refractivity contribution in [2.45, 2.75) is 6.10 Å². The Morgan fingerprint density at radius 3 is 2.82 bits per heavy atom. The maximum atomic E-state index is 9.89. The topological polar surface area (TPSA) is 35.5 Å². The minimum Gasteiger partial charge on any atom is -0.461 e. The molecule has 0 aliphatic heterocycles. The van der Waals surface area contributed by atoms with E-state index in [1.165, 1.54) is 0 Å². The average molecular weight is 223 g/mol. The predicted molar refractivity (Wildman–Crippen MR) is 45.7 cm³/mol. The normalized spacial score (nSPS) is 12.1. The zero-order chi connectivity index (χ0) is 8.53. The van der Waals surface area contributed by atoms with Crippen molar-refractivity contribution in [1.82, 2.24) is 0 Å². The molecular formula is C7H11BrO3. The molecule has 0 aromatic heterocycles. The molecule has 0 aliphatic rings. The molecule has 4 heteroatoms. The van der Waals surface area contributed by atoms with Gasteiger partial charge in [0.15, 0.2) is 0 Å². The molecule has 0 spiro atoms. The summed E-state index contributed by atoms with van der Waals surface area (Å²) in [7, 11) is 0. The van der Waals surface area contributed by atoms with Crippen molar-refractivity contribution in [3.63, 3.8) is 0 Å². The first-order valence-corrected chi connectivity index (χ1v) is 4.31. The van der Waals surface area contributed by atoms with Crippen LogP contribution in [0.3, 0.4) is 0 Å². The van der Waals surface area contributed by atoms with E-state index >= 15 is 0 Å². The second kappa shape index (κ2) is 7.75. The Morgan fingerprint density at radius 1 is 1.64 bits per heavy atom. The molecule has 0 N–H and O–H groups in total. The Labute approximate surface area is 74.5 Å². The highest BCUT2D eigenvalue weighted by Gasteiger charge is 2.05. The van der Waals surface area contributed by atoms with Crippen LogP contribution in [0, 0.1) is 0 Å². The standard InChI is InChI=1S/C7H11BrO3/c1-2-3-10-5-7(4-8)11-6-9/h2,6-7H,1,3-5H2. The molecule has 0 heterocycles. The number of hydrogen-bond acceptors (Lipinski definition) is 3. The molecule has 3 nitrogen and oxygen atoms in total. The van der Waals surface area contributed by atoms with Crippen LogP contribution in [0.5, 0.6) is 0 Å². The third-order valence-corrected chi connectivity index (χ3v) is 1.68. The summed E-state index contributed by atoms with van der Waals surface area (Å²) in [6, 6.07) is 0. The van der Waals surface area contributed by atoms with Crippen LogP contribution in [0.4, 0.5) is 0 Å². The van der Waals surface area contributed by atoms with Crippen LogP contribution in [0.1, 0.15) is 0 Å². The van der Waals surface area contributed by atoms with E-state index in [1.54, 1.807) is 6.08 Å². The maximum Gasteiger partial charge on any atom is 0.293 e. The summed E-state index contributed by atoms with van der Waals surface area (Å²) >= 11 is 3.18. The van der Waals surface area contributed by atoms with E-state index in [4.69, 9.17) is 4.74 Å². The molecule has 0 fully saturated rings. The van der Waals surface area contributed by atoms with Gasteiger partial charge in [0.25, 0.3) is 6.47 Å². The van der Waals surface area contributed by atoms with Gasteiger partial charge in [0, 0.05) is 5.33 Å². The van der Waals surface area contributed by atoms with Crippen molar-refractivity contribution in [1.29, 1.82) is 0 Å². The number of carbonyl (C=O) groups excluding carboxylic acids is 1. The SMILES string of the molecule is C=CCOCC(CBr)OC=O. The fraction of sp³-hybridized carbons (Fsp3) is 0.571. The highest BCUT2D eigenvalue weighted by molar-refractivity contribution is 9.09. The lowest BCUT2D eigenvalue weighted by atomic mass is 10.4. The third kappa shape index (κ3) is 6.06. The van der Waals surface area contributed by atoms with Gasteiger partial charge in [-0.3, -0.25) is 4.79 Å². The summed E-state index contributed by atoms with van der Waals surface area (Å²) in [4.78, 5) is 9.89. The third-order valence-electron chi connectivity index (χ3n) is 0.960. The van der Waals surface area contributed by atoms with E-state index in [0.29, 0.717) is 25.0 Å². The second-order valence-electron chi connectivity index (χ2n) is 1.83. The second-order valence-corrected chi connectivity index (χ2v) is 2.48. The molecule has 0 aromatic rings. The number of carbonyl (C=O) groups is 1. The number of alkyl halides is 1. The first-order chi connectivity index (χ1) is 5.35. The van der Waals surface area contributed by atoms with E-state index in [-0.39, 0.29) is 6.10 Å². The van der Waals surface area contributed by atoms with Crippen molar-refractivity contribution in [2.24, 2.45) is 0 Å². The number of rotatable bonds is 7. The fourth-order valence-electron chi connectivity index (χ4n) is 0.482. The Balaban J connectivity index is 3.34. The fourth-order valence-corrected chi connectivity index (χ4v) is 0.821. The van der Waals surface area contributed by atoms with Gasteiger partial charge in [-0.05, 0) is 0 Å². The van der Waals surface area contributed by atoms with Crippen molar-refractivity contribution in [3.8, 4) is 0 Å². The molecule has 64 valence electrons. The molecule has 0 rings (SSSR count). The largest absolute Gasteiger partial charge is 0.461 e. The minimum atomic E-state index is -0.201. The Bertz CT molecular complexity index is 116. The van der Waals surface area contributed by atoms with Crippen molar-refractivity contribution in [2.75, 3.05) is 18.5 Å². The van der Waals surface area contributed by atoms with E-state index in [9.17, 15) is 4.79 Å². The summed E-state index contributed by atoms with van der Waals surface area (Å²) in [5, 5.41) is 0.586. The highest BCUT2D eigenvalue weighted by atomic mass is 79.9. The predicted octanol–water partition coefficient (Wildman–Crippen LogP) is 1.13. The van der Waals surface area contributed by atoms with Gasteiger partial charge >= 0.3 is 0 Å². The summed E-state index contributed by atoms with van der Waals surface area (Å²) < 4.78 is 9.71. The highest BCUT2D eigenvalue weighted by Crippen LogP contribution is 1.96. The zero-order valence-electron chi connectivity index (χ0n) is 6.16. The molecule has 0 saturated heterocycles. The van der Waals surface area contributed by atoms with Crippen LogP contribution in [0.25, 0.3) is 0 Å². The first kappa shape index (κ1) is 10.7. The van der Waals surface area contributed by atoms with Gasteiger partial charge in [0.2, 0.25) is 0 Å². The summed E-state index contributed by atoms with van der Waals surface area (Å²) in [6.07, 6.45) is 1.44. The van der Waals surface area contributed by atoms with Gasteiger partial charge in [0.05, 0.1) is 13.2 Å². The minimum absolute atomic E-state index is 0.201. The van der Waals surface area contributed by atoms with Crippen LogP contribution in [0.15, 0.2) is 12.7 Å². The molecule has 1 atom stereocenters. The summed E-state index contributed by atoms with van der Waals surface area (Å²) in [6.45, 7) is 4.78. The Hall–Kier alpha value is -0.350.